The first-order valence-electron chi connectivity index (χ1n) is 8.70. The van der Waals surface area contributed by atoms with E-state index in [0.717, 1.165) is 11.3 Å². The molecule has 2 aliphatic rings. The van der Waals surface area contributed by atoms with Gasteiger partial charge in [-0.15, -0.1) is 0 Å². The maximum atomic E-state index is 11.1. The molecule has 0 radical (unpaired) electrons. The molecule has 0 aromatic heterocycles. The fourth-order valence-corrected chi connectivity index (χ4v) is 9.46. The minimum Gasteiger partial charge on any atom is -1.00 e. The van der Waals surface area contributed by atoms with E-state index in [-0.39, 0.29) is 34.0 Å². The third-order valence-corrected chi connectivity index (χ3v) is 10.0. The van der Waals surface area contributed by atoms with Gasteiger partial charge in [0.2, 0.25) is 0 Å². The monoisotopic (exact) mass is 342 g/mol. The molecule has 2 fully saturated rings. The standard InChI is InChI=1S/C16H31O3PS.Li.H/c1-14(12-13-21(17,18)19)20(15-8-4-2-5-9-15)16-10-6-3-7-11-16;;/h14-16H,2-13H2,1H3,(H,17,18,19);;/q;+1;-1. The van der Waals surface area contributed by atoms with Crippen molar-refractivity contribution in [3.05, 3.63) is 0 Å². The molecule has 1 unspecified atom stereocenters. The minimum absolute atomic E-state index is 0. The Hall–Kier alpha value is 0.937. The van der Waals surface area contributed by atoms with E-state index < -0.39 is 10.1 Å². The third kappa shape index (κ3) is 6.82. The van der Waals surface area contributed by atoms with Crippen molar-refractivity contribution in [3.8, 4) is 0 Å². The Morgan fingerprint density at radius 3 is 1.77 bits per heavy atom. The minimum atomic E-state index is -3.80. The molecule has 1 N–H and O–H groups in total. The molecule has 3 nitrogen and oxygen atoms in total. The topological polar surface area (TPSA) is 54.4 Å². The molecule has 126 valence electrons. The van der Waals surface area contributed by atoms with Crippen molar-refractivity contribution in [2.24, 2.45) is 0 Å². The van der Waals surface area contributed by atoms with Crippen LogP contribution in [0.3, 0.4) is 0 Å². The van der Waals surface area contributed by atoms with Crippen LogP contribution in [0.15, 0.2) is 0 Å². The quantitative estimate of drug-likeness (QED) is 0.456. The van der Waals surface area contributed by atoms with Gasteiger partial charge in [-0.25, -0.2) is 0 Å². The Bertz CT molecular complexity index is 392. The molecule has 0 aliphatic heterocycles. The predicted octanol–water partition coefficient (Wildman–Crippen LogP) is 1.92. The van der Waals surface area contributed by atoms with Crippen LogP contribution >= 0.6 is 7.92 Å². The van der Waals surface area contributed by atoms with Crippen LogP contribution in [0.5, 0.6) is 0 Å². The van der Waals surface area contributed by atoms with E-state index in [1.54, 1.807) is 0 Å². The van der Waals surface area contributed by atoms with Crippen molar-refractivity contribution in [2.75, 3.05) is 5.75 Å². The summed E-state index contributed by atoms with van der Waals surface area (Å²) in [5, 5.41) is 0. The molecule has 0 heterocycles. The van der Waals surface area contributed by atoms with E-state index in [9.17, 15) is 8.42 Å². The zero-order valence-electron chi connectivity index (χ0n) is 15.3. The van der Waals surface area contributed by atoms with Gasteiger partial charge >= 0.3 is 18.9 Å². The van der Waals surface area contributed by atoms with Crippen molar-refractivity contribution in [1.82, 2.24) is 0 Å². The van der Waals surface area contributed by atoms with Gasteiger partial charge in [0.05, 0.1) is 5.75 Å². The van der Waals surface area contributed by atoms with Gasteiger partial charge in [0.25, 0.3) is 10.1 Å². The summed E-state index contributed by atoms with van der Waals surface area (Å²) in [6, 6.07) is 0. The molecule has 2 saturated carbocycles. The van der Waals surface area contributed by atoms with Crippen molar-refractivity contribution in [3.63, 3.8) is 0 Å². The summed E-state index contributed by atoms with van der Waals surface area (Å²) in [6.45, 7) is 2.25. The normalized spacial score (nSPS) is 23.2. The molecule has 22 heavy (non-hydrogen) atoms. The van der Waals surface area contributed by atoms with Crippen molar-refractivity contribution < 1.29 is 33.3 Å². The maximum absolute atomic E-state index is 11.1. The molecule has 1 atom stereocenters. The van der Waals surface area contributed by atoms with Gasteiger partial charge in [0.1, 0.15) is 0 Å². The molecule has 0 aromatic carbocycles. The summed E-state index contributed by atoms with van der Waals surface area (Å²) in [4.78, 5) is 0. The average molecular weight is 342 g/mol. The van der Waals surface area contributed by atoms with Gasteiger partial charge in [-0.05, 0) is 49.1 Å². The van der Waals surface area contributed by atoms with Gasteiger partial charge in [0, 0.05) is 0 Å². The van der Waals surface area contributed by atoms with Crippen LogP contribution in [0.4, 0.5) is 0 Å². The first-order chi connectivity index (χ1) is 9.97. The number of rotatable bonds is 6. The van der Waals surface area contributed by atoms with E-state index in [4.69, 9.17) is 4.55 Å². The van der Waals surface area contributed by atoms with Crippen LogP contribution in [0.25, 0.3) is 0 Å². The van der Waals surface area contributed by atoms with Crippen molar-refractivity contribution >= 4 is 18.0 Å². The largest absolute Gasteiger partial charge is 1.00 e. The van der Waals surface area contributed by atoms with Crippen LogP contribution in [0.1, 0.15) is 79.0 Å². The van der Waals surface area contributed by atoms with Gasteiger partial charge < -0.3 is 1.43 Å². The van der Waals surface area contributed by atoms with Crippen LogP contribution in [0.2, 0.25) is 0 Å². The summed E-state index contributed by atoms with van der Waals surface area (Å²) in [6.07, 6.45) is 14.3. The maximum Gasteiger partial charge on any atom is 1.00 e. The van der Waals surface area contributed by atoms with E-state index >= 15 is 0 Å². The van der Waals surface area contributed by atoms with Gasteiger partial charge in [0.15, 0.2) is 0 Å². The van der Waals surface area contributed by atoms with Crippen LogP contribution in [-0.4, -0.2) is 35.7 Å². The Morgan fingerprint density at radius 2 is 1.41 bits per heavy atom. The Balaban J connectivity index is 0.00000242. The van der Waals surface area contributed by atoms with Crippen LogP contribution in [-0.2, 0) is 10.1 Å². The first-order valence-corrected chi connectivity index (χ1v) is 11.9. The zero-order valence-corrected chi connectivity index (χ0v) is 16.0. The summed E-state index contributed by atoms with van der Waals surface area (Å²) < 4.78 is 31.2. The molecule has 2 aliphatic carbocycles. The SMILES string of the molecule is CC(CCS(=O)(=O)O)P(C1CCCCC1)C1CCCCC1.[H-].[Li+]. The fraction of sp³-hybridized carbons (Fsp3) is 1.00. The van der Waals surface area contributed by atoms with Gasteiger partial charge in [-0.1, -0.05) is 53.4 Å². The predicted molar refractivity (Wildman–Crippen MR) is 92.3 cm³/mol. The van der Waals surface area contributed by atoms with Crippen LogP contribution in [0, 0.1) is 0 Å². The van der Waals surface area contributed by atoms with E-state index in [0.29, 0.717) is 12.1 Å². The third-order valence-electron chi connectivity index (χ3n) is 5.30. The van der Waals surface area contributed by atoms with Crippen molar-refractivity contribution in [2.45, 2.75) is 94.5 Å². The van der Waals surface area contributed by atoms with E-state index in [2.05, 4.69) is 6.92 Å². The van der Waals surface area contributed by atoms with Gasteiger partial charge in [-0.3, -0.25) is 4.55 Å². The summed E-state index contributed by atoms with van der Waals surface area (Å²) in [5.41, 5.74) is 2.19. The molecular weight excluding hydrogens is 310 g/mol. The molecule has 0 amide bonds. The summed E-state index contributed by atoms with van der Waals surface area (Å²) in [5.74, 6) is -0.0492. The molecule has 2 rings (SSSR count). The average Bonchev–Trinajstić information content (AvgIpc) is 2.47. The molecule has 0 aromatic rings. The van der Waals surface area contributed by atoms with Crippen molar-refractivity contribution in [1.29, 1.82) is 0 Å². The molecule has 6 heteroatoms. The first kappa shape index (κ1) is 21.0. The second-order valence-corrected chi connectivity index (χ2v) is 11.8. The molecule has 0 spiro atoms. The molecular formula is C16H32LiO3PS. The van der Waals surface area contributed by atoms with E-state index in [1.807, 2.05) is 0 Å². The zero-order chi connectivity index (χ0) is 15.3. The molecule has 0 saturated heterocycles. The molecule has 0 bridgehead atoms. The number of hydrogen-bond donors (Lipinski definition) is 1. The fourth-order valence-electron chi connectivity index (χ4n) is 4.24. The van der Waals surface area contributed by atoms with Crippen LogP contribution < -0.4 is 18.9 Å². The van der Waals surface area contributed by atoms with Gasteiger partial charge in [-0.2, -0.15) is 8.42 Å². The Kier molecular flexibility index (Phi) is 9.58. The summed E-state index contributed by atoms with van der Waals surface area (Å²) in [7, 11) is -3.89. The summed E-state index contributed by atoms with van der Waals surface area (Å²) >= 11 is 0. The van der Waals surface area contributed by atoms with E-state index in [1.165, 1.54) is 64.2 Å². The Morgan fingerprint density at radius 1 is 1.00 bits per heavy atom. The second-order valence-electron chi connectivity index (χ2n) is 6.95. The second kappa shape index (κ2) is 10.0. The smallest absolute Gasteiger partial charge is 1.00 e. The number of hydrogen-bond acceptors (Lipinski definition) is 2. The Labute approximate surface area is 151 Å².